The lowest BCUT2D eigenvalue weighted by molar-refractivity contribution is -0.143. The van der Waals surface area contributed by atoms with Crippen molar-refractivity contribution in [3.63, 3.8) is 0 Å². The monoisotopic (exact) mass is 342 g/mol. The topological polar surface area (TPSA) is 44.1 Å². The van der Waals surface area contributed by atoms with Crippen LogP contribution in [0.4, 0.5) is 8.78 Å². The molecule has 0 N–H and O–H groups in total. The quantitative estimate of drug-likeness (QED) is 0.496. The van der Waals surface area contributed by atoms with Gasteiger partial charge in [-0.15, -0.1) is 0 Å². The fourth-order valence-corrected chi connectivity index (χ4v) is 2.55. The van der Waals surface area contributed by atoms with Crippen LogP contribution in [0.3, 0.4) is 0 Å². The molecule has 0 bridgehead atoms. The van der Waals surface area contributed by atoms with E-state index in [0.717, 1.165) is 10.1 Å². The summed E-state index contributed by atoms with van der Waals surface area (Å²) >= 11 is 0. The molecule has 2 aromatic carbocycles. The lowest BCUT2D eigenvalue weighted by atomic mass is 10.2. The summed E-state index contributed by atoms with van der Waals surface area (Å²) in [5, 5.41) is 0. The number of aromatic nitrogens is 2. The van der Waals surface area contributed by atoms with E-state index in [1.54, 1.807) is 30.3 Å². The van der Waals surface area contributed by atoms with Crippen LogP contribution in [0.5, 0.6) is 0 Å². The van der Waals surface area contributed by atoms with E-state index in [9.17, 15) is 13.6 Å². The second-order valence-corrected chi connectivity index (χ2v) is 5.43. The molecule has 25 heavy (non-hydrogen) atoms. The van der Waals surface area contributed by atoms with Gasteiger partial charge in [0.2, 0.25) is 0 Å². The molecule has 0 aliphatic heterocycles. The van der Waals surface area contributed by atoms with E-state index in [-0.39, 0.29) is 5.82 Å². The Labute approximate surface area is 143 Å². The molecular formula is C19H16F2N2O2. The number of carbonyl (C=O) groups excluding carboxylic acids is 1. The van der Waals surface area contributed by atoms with E-state index < -0.39 is 18.6 Å². The highest BCUT2D eigenvalue weighted by atomic mass is 19.3. The summed E-state index contributed by atoms with van der Waals surface area (Å²) in [5.41, 5.74) is 1.57. The second kappa shape index (κ2) is 7.25. The highest BCUT2D eigenvalue weighted by Crippen LogP contribution is 2.28. The Morgan fingerprint density at radius 2 is 1.80 bits per heavy atom. The summed E-state index contributed by atoms with van der Waals surface area (Å²) in [4.78, 5) is 16.1. The Balaban J connectivity index is 1.80. The first-order chi connectivity index (χ1) is 12.1. The van der Waals surface area contributed by atoms with E-state index in [1.165, 1.54) is 13.0 Å². The summed E-state index contributed by atoms with van der Waals surface area (Å²) < 4.78 is 32.9. The van der Waals surface area contributed by atoms with Crippen molar-refractivity contribution >= 4 is 23.1 Å². The van der Waals surface area contributed by atoms with Crippen molar-refractivity contribution in [2.45, 2.75) is 19.6 Å². The van der Waals surface area contributed by atoms with Crippen LogP contribution in [-0.4, -0.2) is 15.5 Å². The smallest absolute Gasteiger partial charge is 0.331 e. The summed E-state index contributed by atoms with van der Waals surface area (Å²) in [6.07, 6.45) is 1.96. The lowest BCUT2D eigenvalue weighted by Crippen LogP contribution is -2.13. The molecule has 0 fully saturated rings. The Kier molecular flexibility index (Phi) is 4.88. The van der Waals surface area contributed by atoms with Crippen molar-refractivity contribution in [2.24, 2.45) is 0 Å². The van der Waals surface area contributed by atoms with Crippen LogP contribution in [0.1, 0.15) is 31.0 Å². The van der Waals surface area contributed by atoms with E-state index in [1.807, 2.05) is 30.3 Å². The van der Waals surface area contributed by atoms with Crippen molar-refractivity contribution < 1.29 is 18.3 Å². The van der Waals surface area contributed by atoms with Crippen LogP contribution < -0.4 is 0 Å². The normalized spacial score (nSPS) is 12.8. The van der Waals surface area contributed by atoms with E-state index >= 15 is 0 Å². The zero-order valence-corrected chi connectivity index (χ0v) is 13.5. The van der Waals surface area contributed by atoms with Crippen molar-refractivity contribution in [2.75, 3.05) is 0 Å². The standard InChI is InChI=1S/C19H16F2N2O2/c1-13(25-17(24)12-11-14-7-3-2-4-8-14)18-22-15-9-5-6-10-16(15)23(18)19(20)21/h2-13,19H,1H3/b12-11+. The number of nitrogens with zero attached hydrogens (tertiary/aromatic N) is 2. The molecular weight excluding hydrogens is 326 g/mol. The number of imidazole rings is 1. The number of ether oxygens (including phenoxy) is 1. The molecule has 4 nitrogen and oxygen atoms in total. The van der Waals surface area contributed by atoms with Gasteiger partial charge in [0.05, 0.1) is 11.0 Å². The predicted molar refractivity (Wildman–Crippen MR) is 91.0 cm³/mol. The largest absolute Gasteiger partial charge is 0.451 e. The van der Waals surface area contributed by atoms with E-state index in [2.05, 4.69) is 4.98 Å². The van der Waals surface area contributed by atoms with Crippen molar-refractivity contribution in [1.29, 1.82) is 0 Å². The van der Waals surface area contributed by atoms with Gasteiger partial charge in [-0.05, 0) is 30.7 Å². The molecule has 0 spiro atoms. The summed E-state index contributed by atoms with van der Waals surface area (Å²) in [6, 6.07) is 15.8. The summed E-state index contributed by atoms with van der Waals surface area (Å²) in [7, 11) is 0. The van der Waals surface area contributed by atoms with Gasteiger partial charge in [-0.3, -0.25) is 4.57 Å². The van der Waals surface area contributed by atoms with Crippen LogP contribution in [0.2, 0.25) is 0 Å². The van der Waals surface area contributed by atoms with Crippen molar-refractivity contribution in [3.8, 4) is 0 Å². The molecule has 1 heterocycles. The maximum atomic E-state index is 13.4. The first-order valence-electron chi connectivity index (χ1n) is 7.75. The highest BCUT2D eigenvalue weighted by Gasteiger charge is 2.23. The zero-order chi connectivity index (χ0) is 17.8. The Bertz CT molecular complexity index is 904. The van der Waals surface area contributed by atoms with Gasteiger partial charge in [-0.1, -0.05) is 42.5 Å². The molecule has 0 radical (unpaired) electrons. The van der Waals surface area contributed by atoms with Gasteiger partial charge in [0.25, 0.3) is 0 Å². The number of rotatable bonds is 5. The zero-order valence-electron chi connectivity index (χ0n) is 13.5. The number of halogens is 2. The number of carbonyl (C=O) groups is 1. The summed E-state index contributed by atoms with van der Waals surface area (Å²) in [5.74, 6) is -0.609. The van der Waals surface area contributed by atoms with Gasteiger partial charge in [-0.2, -0.15) is 8.78 Å². The van der Waals surface area contributed by atoms with Crippen molar-refractivity contribution in [3.05, 3.63) is 72.1 Å². The molecule has 1 unspecified atom stereocenters. The first-order valence-corrected chi connectivity index (χ1v) is 7.75. The van der Waals surface area contributed by atoms with Gasteiger partial charge < -0.3 is 4.74 Å². The fraction of sp³-hybridized carbons (Fsp3) is 0.158. The van der Waals surface area contributed by atoms with Crippen LogP contribution in [0.25, 0.3) is 17.1 Å². The van der Waals surface area contributed by atoms with Gasteiger partial charge in [0, 0.05) is 6.08 Å². The minimum Gasteiger partial charge on any atom is -0.451 e. The van der Waals surface area contributed by atoms with E-state index in [4.69, 9.17) is 4.74 Å². The third-order valence-electron chi connectivity index (χ3n) is 3.69. The molecule has 0 saturated carbocycles. The minimum absolute atomic E-state index is 0.0117. The van der Waals surface area contributed by atoms with Gasteiger partial charge in [0.15, 0.2) is 11.9 Å². The third kappa shape index (κ3) is 3.74. The molecule has 0 saturated heterocycles. The number of para-hydroxylation sites is 2. The number of fused-ring (bicyclic) bond motifs is 1. The molecule has 0 aliphatic rings. The average Bonchev–Trinajstić information content (AvgIpc) is 3.01. The van der Waals surface area contributed by atoms with Crippen LogP contribution in [0.15, 0.2) is 60.7 Å². The SMILES string of the molecule is CC(OC(=O)/C=C/c1ccccc1)c1nc2ccccc2n1C(F)F. The lowest BCUT2D eigenvalue weighted by Gasteiger charge is -2.14. The minimum atomic E-state index is -2.77. The molecule has 128 valence electrons. The number of hydrogen-bond acceptors (Lipinski definition) is 3. The second-order valence-electron chi connectivity index (χ2n) is 5.43. The van der Waals surface area contributed by atoms with Crippen LogP contribution in [-0.2, 0) is 9.53 Å². The fourth-order valence-electron chi connectivity index (χ4n) is 2.55. The van der Waals surface area contributed by atoms with Crippen molar-refractivity contribution in [1.82, 2.24) is 9.55 Å². The van der Waals surface area contributed by atoms with Crippen LogP contribution in [0, 0.1) is 0 Å². The molecule has 6 heteroatoms. The highest BCUT2D eigenvalue weighted by molar-refractivity contribution is 5.87. The Morgan fingerprint density at radius 3 is 2.52 bits per heavy atom. The third-order valence-corrected chi connectivity index (χ3v) is 3.69. The number of hydrogen-bond donors (Lipinski definition) is 0. The average molecular weight is 342 g/mol. The maximum absolute atomic E-state index is 13.4. The molecule has 0 amide bonds. The van der Waals surface area contributed by atoms with Gasteiger partial charge >= 0.3 is 12.5 Å². The number of alkyl halides is 2. The van der Waals surface area contributed by atoms with Gasteiger partial charge in [0.1, 0.15) is 0 Å². The predicted octanol–water partition coefficient (Wildman–Crippen LogP) is 4.75. The molecule has 3 aromatic rings. The van der Waals surface area contributed by atoms with Gasteiger partial charge in [-0.25, -0.2) is 9.78 Å². The maximum Gasteiger partial charge on any atom is 0.331 e. The number of esters is 1. The molecule has 1 atom stereocenters. The first kappa shape index (κ1) is 16.8. The summed E-state index contributed by atoms with van der Waals surface area (Å²) in [6.45, 7) is -1.25. The van der Waals surface area contributed by atoms with Crippen LogP contribution >= 0.6 is 0 Å². The number of benzene rings is 2. The molecule has 1 aromatic heterocycles. The molecule has 0 aliphatic carbocycles. The molecule has 3 rings (SSSR count). The Hall–Kier alpha value is -3.02. The Morgan fingerprint density at radius 1 is 1.12 bits per heavy atom. The van der Waals surface area contributed by atoms with E-state index in [0.29, 0.717) is 11.0 Å².